The van der Waals surface area contributed by atoms with Crippen LogP contribution in [0.5, 0.6) is 0 Å². The predicted octanol–water partition coefficient (Wildman–Crippen LogP) is 1.59. The van der Waals surface area contributed by atoms with E-state index in [1.54, 1.807) is 19.9 Å². The summed E-state index contributed by atoms with van der Waals surface area (Å²) < 4.78 is 26.7. The van der Waals surface area contributed by atoms with Gasteiger partial charge < -0.3 is 10.6 Å². The van der Waals surface area contributed by atoms with Crippen molar-refractivity contribution in [2.75, 3.05) is 13.1 Å². The molecule has 1 aliphatic heterocycles. The van der Waals surface area contributed by atoms with E-state index in [-0.39, 0.29) is 35.3 Å². The first-order valence-electron chi connectivity index (χ1n) is 7.99. The number of carbonyl (C=O) groups is 1. The van der Waals surface area contributed by atoms with Crippen molar-refractivity contribution in [2.45, 2.75) is 50.6 Å². The molecule has 8 heteroatoms. The van der Waals surface area contributed by atoms with Gasteiger partial charge >= 0.3 is 0 Å². The number of amides is 1. The SMILES string of the molecule is CCNS(=O)(=O)c1ccc(C)c(C(=O)NC2CCCNC2C)c1.Cl. The lowest BCUT2D eigenvalue weighted by Crippen LogP contribution is -2.52. The van der Waals surface area contributed by atoms with Crippen molar-refractivity contribution in [2.24, 2.45) is 0 Å². The second-order valence-electron chi connectivity index (χ2n) is 5.94. The van der Waals surface area contributed by atoms with Crippen molar-refractivity contribution in [1.29, 1.82) is 0 Å². The summed E-state index contributed by atoms with van der Waals surface area (Å²) in [6.45, 7) is 6.84. The predicted molar refractivity (Wildman–Crippen MR) is 97.2 cm³/mol. The Hall–Kier alpha value is -1.15. The van der Waals surface area contributed by atoms with Gasteiger partial charge in [0.1, 0.15) is 0 Å². The lowest BCUT2D eigenvalue weighted by molar-refractivity contribution is 0.0919. The van der Waals surface area contributed by atoms with Crippen LogP contribution in [0.3, 0.4) is 0 Å². The summed E-state index contributed by atoms with van der Waals surface area (Å²) in [6.07, 6.45) is 1.94. The van der Waals surface area contributed by atoms with Crippen LogP contribution >= 0.6 is 12.4 Å². The summed E-state index contributed by atoms with van der Waals surface area (Å²) in [5.41, 5.74) is 1.16. The molecule has 24 heavy (non-hydrogen) atoms. The topological polar surface area (TPSA) is 87.3 Å². The first-order chi connectivity index (χ1) is 10.8. The first-order valence-corrected chi connectivity index (χ1v) is 9.48. The molecule has 0 aliphatic carbocycles. The van der Waals surface area contributed by atoms with Gasteiger partial charge in [0, 0.05) is 24.2 Å². The van der Waals surface area contributed by atoms with E-state index in [1.165, 1.54) is 12.1 Å². The van der Waals surface area contributed by atoms with E-state index in [9.17, 15) is 13.2 Å². The Morgan fingerprint density at radius 2 is 2.08 bits per heavy atom. The number of hydrogen-bond acceptors (Lipinski definition) is 4. The Morgan fingerprint density at radius 3 is 2.71 bits per heavy atom. The fraction of sp³-hybridized carbons (Fsp3) is 0.562. The molecule has 2 rings (SSSR count). The van der Waals surface area contributed by atoms with Gasteiger partial charge in [0.15, 0.2) is 0 Å². The van der Waals surface area contributed by atoms with Crippen LogP contribution < -0.4 is 15.4 Å². The standard InChI is InChI=1S/C16H25N3O3S.ClH/c1-4-18-23(21,22)13-8-7-11(2)14(10-13)16(20)19-15-6-5-9-17-12(15)3;/h7-8,10,12,15,17-18H,4-6,9H2,1-3H3,(H,19,20);1H. The Bertz CT molecular complexity index is 679. The molecule has 2 atom stereocenters. The molecule has 1 fully saturated rings. The maximum absolute atomic E-state index is 12.6. The summed E-state index contributed by atoms with van der Waals surface area (Å²) in [5, 5.41) is 6.36. The highest BCUT2D eigenvalue weighted by molar-refractivity contribution is 7.89. The molecule has 0 spiro atoms. The lowest BCUT2D eigenvalue weighted by Gasteiger charge is -2.30. The summed E-state index contributed by atoms with van der Waals surface area (Å²) in [5.74, 6) is -0.225. The van der Waals surface area contributed by atoms with E-state index in [0.717, 1.165) is 24.9 Å². The Kier molecular flexibility index (Phi) is 7.66. The van der Waals surface area contributed by atoms with Crippen molar-refractivity contribution in [3.05, 3.63) is 29.3 Å². The molecule has 6 nitrogen and oxygen atoms in total. The third-order valence-electron chi connectivity index (χ3n) is 4.18. The van der Waals surface area contributed by atoms with Gasteiger partial charge in [0.05, 0.1) is 4.90 Å². The zero-order valence-corrected chi connectivity index (χ0v) is 15.9. The third kappa shape index (κ3) is 4.92. The van der Waals surface area contributed by atoms with Crippen LogP contribution in [0.1, 0.15) is 42.6 Å². The summed E-state index contributed by atoms with van der Waals surface area (Å²) >= 11 is 0. The smallest absolute Gasteiger partial charge is 0.251 e. The number of rotatable bonds is 5. The molecule has 136 valence electrons. The largest absolute Gasteiger partial charge is 0.348 e. The molecule has 1 saturated heterocycles. The van der Waals surface area contributed by atoms with Crippen molar-refractivity contribution < 1.29 is 13.2 Å². The molecule has 1 amide bonds. The molecular weight excluding hydrogens is 350 g/mol. The molecule has 0 saturated carbocycles. The van der Waals surface area contributed by atoms with E-state index in [1.807, 2.05) is 6.92 Å². The van der Waals surface area contributed by atoms with Crippen LogP contribution in [-0.2, 0) is 10.0 Å². The number of sulfonamides is 1. The van der Waals surface area contributed by atoms with Gasteiger partial charge in [-0.1, -0.05) is 13.0 Å². The molecule has 1 heterocycles. The fourth-order valence-corrected chi connectivity index (χ4v) is 3.84. The van der Waals surface area contributed by atoms with Crippen molar-refractivity contribution in [1.82, 2.24) is 15.4 Å². The van der Waals surface area contributed by atoms with E-state index in [2.05, 4.69) is 15.4 Å². The molecule has 0 aromatic heterocycles. The zero-order valence-electron chi connectivity index (χ0n) is 14.3. The average molecular weight is 376 g/mol. The van der Waals surface area contributed by atoms with E-state index >= 15 is 0 Å². The molecule has 3 N–H and O–H groups in total. The van der Waals surface area contributed by atoms with Gasteiger partial charge in [-0.2, -0.15) is 0 Å². The maximum atomic E-state index is 12.6. The molecule has 1 aromatic rings. The van der Waals surface area contributed by atoms with Crippen LogP contribution in [0.15, 0.2) is 23.1 Å². The number of nitrogens with one attached hydrogen (secondary N) is 3. The van der Waals surface area contributed by atoms with Gasteiger partial charge in [0.2, 0.25) is 10.0 Å². The minimum atomic E-state index is -3.57. The fourth-order valence-electron chi connectivity index (χ4n) is 2.77. The zero-order chi connectivity index (χ0) is 17.0. The van der Waals surface area contributed by atoms with E-state index in [0.29, 0.717) is 12.1 Å². The number of aryl methyl sites for hydroxylation is 1. The Morgan fingerprint density at radius 1 is 1.38 bits per heavy atom. The van der Waals surface area contributed by atoms with Crippen molar-refractivity contribution >= 4 is 28.3 Å². The number of carbonyl (C=O) groups excluding carboxylic acids is 1. The Labute approximate surface area is 150 Å². The minimum absolute atomic E-state index is 0. The number of halogens is 1. The third-order valence-corrected chi connectivity index (χ3v) is 5.72. The normalized spacial score (nSPS) is 21.0. The van der Waals surface area contributed by atoms with Gasteiger partial charge in [-0.3, -0.25) is 4.79 Å². The molecule has 1 aliphatic rings. The number of benzene rings is 1. The van der Waals surface area contributed by atoms with Gasteiger partial charge in [-0.25, -0.2) is 13.1 Å². The molecule has 1 aromatic carbocycles. The molecular formula is C16H26ClN3O3S. The second kappa shape index (κ2) is 8.80. The van der Waals surface area contributed by atoms with Crippen LogP contribution in [0, 0.1) is 6.92 Å². The van der Waals surface area contributed by atoms with Crippen molar-refractivity contribution in [3.63, 3.8) is 0 Å². The number of piperidine rings is 1. The van der Waals surface area contributed by atoms with Crippen LogP contribution in [0.4, 0.5) is 0 Å². The summed E-state index contributed by atoms with van der Waals surface area (Å²) in [4.78, 5) is 12.7. The number of hydrogen-bond donors (Lipinski definition) is 3. The quantitative estimate of drug-likeness (QED) is 0.729. The van der Waals surface area contributed by atoms with Crippen LogP contribution in [0.25, 0.3) is 0 Å². The monoisotopic (exact) mass is 375 g/mol. The first kappa shape index (κ1) is 20.9. The van der Waals surface area contributed by atoms with E-state index in [4.69, 9.17) is 0 Å². The molecule has 2 unspecified atom stereocenters. The highest BCUT2D eigenvalue weighted by Crippen LogP contribution is 2.17. The highest BCUT2D eigenvalue weighted by atomic mass is 35.5. The van der Waals surface area contributed by atoms with E-state index < -0.39 is 10.0 Å². The van der Waals surface area contributed by atoms with Gasteiger partial charge in [0.25, 0.3) is 5.91 Å². The summed E-state index contributed by atoms with van der Waals surface area (Å²) in [6, 6.07) is 4.91. The highest BCUT2D eigenvalue weighted by Gasteiger charge is 2.24. The molecule has 0 radical (unpaired) electrons. The molecule has 0 bridgehead atoms. The summed E-state index contributed by atoms with van der Waals surface area (Å²) in [7, 11) is -3.57. The Balaban J connectivity index is 0.00000288. The van der Waals surface area contributed by atoms with Crippen LogP contribution in [-0.4, -0.2) is 39.5 Å². The second-order valence-corrected chi connectivity index (χ2v) is 7.71. The lowest BCUT2D eigenvalue weighted by atomic mass is 9.99. The maximum Gasteiger partial charge on any atom is 0.251 e. The average Bonchev–Trinajstić information content (AvgIpc) is 2.49. The minimum Gasteiger partial charge on any atom is -0.348 e. The van der Waals surface area contributed by atoms with Crippen LogP contribution in [0.2, 0.25) is 0 Å². The van der Waals surface area contributed by atoms with Gasteiger partial charge in [-0.05, 0) is 50.9 Å². The van der Waals surface area contributed by atoms with Gasteiger partial charge in [-0.15, -0.1) is 12.4 Å². The van der Waals surface area contributed by atoms with Crippen molar-refractivity contribution in [3.8, 4) is 0 Å².